The van der Waals surface area contributed by atoms with E-state index in [1.54, 1.807) is 37.6 Å². The first-order chi connectivity index (χ1) is 14.9. The summed E-state index contributed by atoms with van der Waals surface area (Å²) in [4.78, 5) is 21.8. The van der Waals surface area contributed by atoms with Crippen molar-refractivity contribution >= 4 is 36.0 Å². The van der Waals surface area contributed by atoms with Crippen LogP contribution in [-0.4, -0.2) is 60.2 Å². The minimum atomic E-state index is -0.332. The summed E-state index contributed by atoms with van der Waals surface area (Å²) in [6.07, 6.45) is 4.50. The molecule has 3 heterocycles. The van der Waals surface area contributed by atoms with Crippen molar-refractivity contribution in [3.05, 3.63) is 42.3 Å². The largest absolute Gasteiger partial charge is 0.383 e. The summed E-state index contributed by atoms with van der Waals surface area (Å²) in [5.41, 5.74) is 1.62. The number of likely N-dealkylation sites (tertiary alicyclic amines) is 1. The molecule has 6 nitrogen and oxygen atoms in total. The van der Waals surface area contributed by atoms with Crippen LogP contribution in [-0.2, 0) is 4.74 Å². The van der Waals surface area contributed by atoms with E-state index in [-0.39, 0.29) is 22.8 Å². The van der Waals surface area contributed by atoms with Gasteiger partial charge in [0.05, 0.1) is 18.3 Å². The smallest absolute Gasteiger partial charge is 0.322 e. The van der Waals surface area contributed by atoms with Crippen molar-refractivity contribution in [2.24, 2.45) is 0 Å². The lowest BCUT2D eigenvalue weighted by Crippen LogP contribution is -2.41. The highest BCUT2D eigenvalue weighted by atomic mass is 31.1. The fourth-order valence-electron chi connectivity index (χ4n) is 4.40. The summed E-state index contributed by atoms with van der Waals surface area (Å²) in [6, 6.07) is 8.23. The second-order valence-corrected chi connectivity index (χ2v) is 11.3. The molecule has 2 aliphatic heterocycles. The molecular formula is C22H29FN4O2P2. The molecule has 2 saturated heterocycles. The zero-order chi connectivity index (χ0) is 22.0. The van der Waals surface area contributed by atoms with E-state index in [4.69, 9.17) is 4.74 Å². The van der Waals surface area contributed by atoms with Gasteiger partial charge in [0.25, 0.3) is 0 Å². The number of methoxy groups -OCH3 is 1. The third-order valence-electron chi connectivity index (χ3n) is 5.96. The van der Waals surface area contributed by atoms with E-state index in [9.17, 15) is 9.18 Å². The first kappa shape index (κ1) is 22.4. The van der Waals surface area contributed by atoms with Crippen LogP contribution in [0.4, 0.5) is 20.7 Å². The van der Waals surface area contributed by atoms with Gasteiger partial charge in [-0.15, -0.1) is 18.5 Å². The second-order valence-electron chi connectivity index (χ2n) is 8.32. The zero-order valence-corrected chi connectivity index (χ0v) is 20.0. The summed E-state index contributed by atoms with van der Waals surface area (Å²) in [7, 11) is 7.40. The van der Waals surface area contributed by atoms with Crippen LogP contribution < -0.4 is 10.2 Å². The van der Waals surface area contributed by atoms with Crippen molar-refractivity contribution in [1.82, 2.24) is 9.88 Å². The summed E-state index contributed by atoms with van der Waals surface area (Å²) in [5.74, 6) is 0.338. The van der Waals surface area contributed by atoms with Gasteiger partial charge in [-0.05, 0) is 31.4 Å². The van der Waals surface area contributed by atoms with E-state index < -0.39 is 0 Å². The van der Waals surface area contributed by atoms with Crippen molar-refractivity contribution in [3.63, 3.8) is 0 Å². The van der Waals surface area contributed by atoms with Gasteiger partial charge in [0.2, 0.25) is 0 Å². The highest BCUT2D eigenvalue weighted by Gasteiger charge is 2.34. The molecule has 1 aromatic carbocycles. The highest BCUT2D eigenvalue weighted by Crippen LogP contribution is 2.43. The van der Waals surface area contributed by atoms with E-state index in [0.29, 0.717) is 35.8 Å². The maximum absolute atomic E-state index is 14.7. The van der Waals surface area contributed by atoms with Crippen molar-refractivity contribution in [2.45, 2.75) is 30.2 Å². The Morgan fingerprint density at radius 1 is 1.29 bits per heavy atom. The molecule has 2 fully saturated rings. The number of hydrogen-bond acceptors (Lipinski definition) is 4. The molecule has 0 radical (unpaired) electrons. The third-order valence-corrected chi connectivity index (χ3v) is 6.90. The lowest BCUT2D eigenvalue weighted by atomic mass is 10.0. The first-order valence-corrected chi connectivity index (χ1v) is 11.7. The molecule has 0 bridgehead atoms. The number of halogens is 1. The number of ether oxygens (including phenoxy) is 1. The molecular weight excluding hydrogens is 433 g/mol. The van der Waals surface area contributed by atoms with Crippen LogP contribution in [0.3, 0.4) is 0 Å². The number of benzene rings is 1. The minimum Gasteiger partial charge on any atom is -0.383 e. The van der Waals surface area contributed by atoms with Crippen molar-refractivity contribution < 1.29 is 13.9 Å². The van der Waals surface area contributed by atoms with Crippen LogP contribution in [0.25, 0.3) is 11.1 Å². The van der Waals surface area contributed by atoms with Gasteiger partial charge in [-0.2, -0.15) is 0 Å². The summed E-state index contributed by atoms with van der Waals surface area (Å²) in [5, 5.41) is 3.09. The zero-order valence-electron chi connectivity index (χ0n) is 17.7. The van der Waals surface area contributed by atoms with Crippen LogP contribution in [0.2, 0.25) is 0 Å². The normalized spacial score (nSPS) is 20.3. The monoisotopic (exact) mass is 462 g/mol. The molecule has 31 heavy (non-hydrogen) atoms. The molecule has 0 saturated carbocycles. The van der Waals surface area contributed by atoms with E-state index in [2.05, 4.69) is 33.7 Å². The van der Waals surface area contributed by atoms with E-state index in [1.807, 2.05) is 4.90 Å². The Balaban J connectivity index is 1.73. The van der Waals surface area contributed by atoms with Crippen molar-refractivity contribution in [2.75, 3.05) is 43.6 Å². The average Bonchev–Trinajstić information content (AvgIpc) is 3.35. The molecule has 166 valence electrons. The standard InChI is InChI=1S/C22H29FN4O2P2/c1-29-13-15-5-4-11-27(15)21(28)25-19-17(16-6-2-3-7-18(16)23)8-10-24-20(19)26-12-9-22(30,31)14-26/h2-3,6-8,10,15H,4-5,9,11-14,30-31H2,1H3,(H,25,28)/t15-/m0/s1. The number of carbonyl (C=O) groups excluding carboxylic acids is 1. The molecule has 9 heteroatoms. The molecule has 3 atom stereocenters. The van der Waals surface area contributed by atoms with E-state index >= 15 is 0 Å². The minimum absolute atomic E-state index is 0.00449. The van der Waals surface area contributed by atoms with Crippen LogP contribution in [0.15, 0.2) is 36.5 Å². The number of rotatable bonds is 5. The Kier molecular flexibility index (Phi) is 6.76. The average molecular weight is 462 g/mol. The molecule has 0 spiro atoms. The van der Waals surface area contributed by atoms with Gasteiger partial charge in [0.15, 0.2) is 5.82 Å². The molecule has 1 aromatic heterocycles. The molecule has 2 aromatic rings. The third kappa shape index (κ3) is 4.84. The van der Waals surface area contributed by atoms with Gasteiger partial charge in [0.1, 0.15) is 5.82 Å². The van der Waals surface area contributed by atoms with Gasteiger partial charge in [-0.1, -0.05) is 18.2 Å². The van der Waals surface area contributed by atoms with Crippen LogP contribution in [0.5, 0.6) is 0 Å². The van der Waals surface area contributed by atoms with Gasteiger partial charge >= 0.3 is 6.03 Å². The molecule has 2 aliphatic rings. The summed E-state index contributed by atoms with van der Waals surface area (Å²) < 4.78 is 20.0. The number of anilines is 2. The molecule has 1 N–H and O–H groups in total. The number of aromatic nitrogens is 1. The number of urea groups is 1. The quantitative estimate of drug-likeness (QED) is 0.678. The maximum atomic E-state index is 14.7. The van der Waals surface area contributed by atoms with Gasteiger partial charge in [-0.3, -0.25) is 0 Å². The number of pyridine rings is 1. The molecule has 2 unspecified atom stereocenters. The summed E-state index contributed by atoms with van der Waals surface area (Å²) >= 11 is 0. The fraction of sp³-hybridized carbons (Fsp3) is 0.455. The van der Waals surface area contributed by atoms with Crippen LogP contribution in [0, 0.1) is 5.82 Å². The van der Waals surface area contributed by atoms with E-state index in [1.165, 1.54) is 6.07 Å². The lowest BCUT2D eigenvalue weighted by Gasteiger charge is -2.28. The Bertz CT molecular complexity index is 959. The number of nitrogens with one attached hydrogen (secondary N) is 1. The van der Waals surface area contributed by atoms with Crippen LogP contribution in [0.1, 0.15) is 19.3 Å². The molecule has 0 aliphatic carbocycles. The number of amides is 2. The fourth-order valence-corrected chi connectivity index (χ4v) is 5.10. The molecule has 2 amide bonds. The SMILES string of the molecule is COC[C@@H]1CCCN1C(=O)Nc1c(-c2ccccc2F)ccnc1N1CCC(P)(P)C1. The van der Waals surface area contributed by atoms with Gasteiger partial charge < -0.3 is 19.9 Å². The molecule has 4 rings (SSSR count). The van der Waals surface area contributed by atoms with Crippen LogP contribution >= 0.6 is 18.5 Å². The predicted octanol–water partition coefficient (Wildman–Crippen LogP) is 4.19. The van der Waals surface area contributed by atoms with Crippen molar-refractivity contribution in [3.8, 4) is 11.1 Å². The number of hydrogen-bond donors (Lipinski definition) is 1. The maximum Gasteiger partial charge on any atom is 0.322 e. The Morgan fingerprint density at radius 2 is 2.10 bits per heavy atom. The van der Waals surface area contributed by atoms with Gasteiger partial charge in [-0.25, -0.2) is 14.2 Å². The topological polar surface area (TPSA) is 57.7 Å². The highest BCUT2D eigenvalue weighted by molar-refractivity contribution is 7.40. The second kappa shape index (κ2) is 9.36. The number of nitrogens with zero attached hydrogens (tertiary/aromatic N) is 3. The summed E-state index contributed by atoms with van der Waals surface area (Å²) in [6.45, 7) is 2.74. The van der Waals surface area contributed by atoms with E-state index in [0.717, 1.165) is 32.4 Å². The Morgan fingerprint density at radius 3 is 2.81 bits per heavy atom. The Hall–Kier alpha value is -1.81. The number of carbonyl (C=O) groups is 1. The van der Waals surface area contributed by atoms with Crippen molar-refractivity contribution in [1.29, 1.82) is 0 Å². The van der Waals surface area contributed by atoms with Gasteiger partial charge in [0, 0.05) is 49.0 Å². The lowest BCUT2D eigenvalue weighted by molar-refractivity contribution is 0.128. The Labute approximate surface area is 187 Å². The first-order valence-electron chi connectivity index (χ1n) is 10.5. The predicted molar refractivity (Wildman–Crippen MR) is 129 cm³/mol.